The summed E-state index contributed by atoms with van der Waals surface area (Å²) in [4.78, 5) is 9.54. The Balaban J connectivity index is 1.30. The van der Waals surface area contributed by atoms with E-state index in [1.807, 2.05) is 0 Å². The minimum Gasteiger partial charge on any atom is -0.361 e. The topological polar surface area (TPSA) is 29.2 Å². The molecule has 0 aliphatic carbocycles. The van der Waals surface area contributed by atoms with Crippen LogP contribution in [0.1, 0.15) is 0 Å². The number of benzene rings is 5. The number of hydrogen-bond donors (Lipinski definition) is 0. The second-order valence-corrected chi connectivity index (χ2v) is 10.8. The van der Waals surface area contributed by atoms with Gasteiger partial charge in [0, 0.05) is 54.2 Å². The number of fused-ring (bicyclic) bond motifs is 4. The van der Waals surface area contributed by atoms with Crippen molar-refractivity contribution < 1.29 is 0 Å². The molecular weight excluding hydrogens is 502 g/mol. The quantitative estimate of drug-likeness (QED) is 0.229. The SMILES string of the molecule is CN1C=CN(c2cccc(-n3c4ccccc4c4ccc(-c5nc6ccc(-c7ccccc7)cc6n5C)cc43)c2)C1. The van der Waals surface area contributed by atoms with E-state index in [0.717, 1.165) is 34.8 Å². The first-order valence-corrected chi connectivity index (χ1v) is 14.0. The summed E-state index contributed by atoms with van der Waals surface area (Å²) in [5, 5.41) is 2.48. The molecule has 2 aromatic heterocycles. The molecule has 5 aromatic carbocycles. The van der Waals surface area contributed by atoms with Gasteiger partial charge < -0.3 is 18.9 Å². The molecule has 7 aromatic rings. The zero-order valence-electron chi connectivity index (χ0n) is 23.1. The fourth-order valence-electron chi connectivity index (χ4n) is 6.15. The van der Waals surface area contributed by atoms with Crippen LogP contribution in [0.2, 0.25) is 0 Å². The van der Waals surface area contributed by atoms with E-state index < -0.39 is 0 Å². The summed E-state index contributed by atoms with van der Waals surface area (Å²) in [5.74, 6) is 0.961. The molecule has 0 atom stereocenters. The molecular formula is C36H29N5. The predicted molar refractivity (Wildman–Crippen MR) is 170 cm³/mol. The van der Waals surface area contributed by atoms with Crippen molar-refractivity contribution in [2.75, 3.05) is 18.6 Å². The van der Waals surface area contributed by atoms with Gasteiger partial charge in [0.05, 0.1) is 28.7 Å². The van der Waals surface area contributed by atoms with E-state index in [1.54, 1.807) is 0 Å². The lowest BCUT2D eigenvalue weighted by Gasteiger charge is -2.19. The average molecular weight is 532 g/mol. The van der Waals surface area contributed by atoms with E-state index in [4.69, 9.17) is 4.98 Å². The number of para-hydroxylation sites is 1. The minimum atomic E-state index is 0.847. The number of imidazole rings is 1. The van der Waals surface area contributed by atoms with Gasteiger partial charge in [-0.2, -0.15) is 0 Å². The van der Waals surface area contributed by atoms with E-state index >= 15 is 0 Å². The Bertz CT molecular complexity index is 2120. The maximum atomic E-state index is 5.09. The Labute approximate surface area is 238 Å². The molecule has 0 radical (unpaired) electrons. The summed E-state index contributed by atoms with van der Waals surface area (Å²) in [6.45, 7) is 0.847. The molecule has 8 rings (SSSR count). The van der Waals surface area contributed by atoms with Gasteiger partial charge in [-0.15, -0.1) is 0 Å². The third kappa shape index (κ3) is 3.81. The van der Waals surface area contributed by atoms with Crippen molar-refractivity contribution in [3.05, 3.63) is 128 Å². The summed E-state index contributed by atoms with van der Waals surface area (Å²) < 4.78 is 4.60. The Morgan fingerprint density at radius 3 is 2.17 bits per heavy atom. The number of hydrogen-bond acceptors (Lipinski definition) is 3. The maximum absolute atomic E-state index is 5.09. The van der Waals surface area contributed by atoms with Gasteiger partial charge in [-0.05, 0) is 53.6 Å². The van der Waals surface area contributed by atoms with E-state index in [1.165, 1.54) is 38.6 Å². The molecule has 41 heavy (non-hydrogen) atoms. The van der Waals surface area contributed by atoms with Crippen LogP contribution in [-0.4, -0.2) is 32.7 Å². The highest BCUT2D eigenvalue weighted by atomic mass is 15.3. The minimum absolute atomic E-state index is 0.847. The largest absolute Gasteiger partial charge is 0.361 e. The molecule has 0 bridgehead atoms. The highest BCUT2D eigenvalue weighted by molar-refractivity contribution is 6.10. The smallest absolute Gasteiger partial charge is 0.140 e. The molecule has 0 saturated heterocycles. The molecule has 198 valence electrons. The molecule has 1 aliphatic rings. The highest BCUT2D eigenvalue weighted by Crippen LogP contribution is 2.36. The van der Waals surface area contributed by atoms with Gasteiger partial charge in [0.1, 0.15) is 5.82 Å². The van der Waals surface area contributed by atoms with Crippen molar-refractivity contribution in [3.63, 3.8) is 0 Å². The number of anilines is 1. The van der Waals surface area contributed by atoms with Crippen LogP contribution in [0.25, 0.3) is 61.0 Å². The van der Waals surface area contributed by atoms with Crippen molar-refractivity contribution in [1.29, 1.82) is 0 Å². The van der Waals surface area contributed by atoms with Crippen LogP contribution in [0.4, 0.5) is 5.69 Å². The van der Waals surface area contributed by atoms with Gasteiger partial charge in [-0.25, -0.2) is 4.98 Å². The molecule has 0 spiro atoms. The predicted octanol–water partition coefficient (Wildman–Crippen LogP) is 8.18. The molecule has 5 nitrogen and oxygen atoms in total. The lowest BCUT2D eigenvalue weighted by atomic mass is 10.1. The van der Waals surface area contributed by atoms with E-state index in [2.05, 4.69) is 161 Å². The zero-order valence-corrected chi connectivity index (χ0v) is 23.1. The van der Waals surface area contributed by atoms with Gasteiger partial charge in [-0.3, -0.25) is 0 Å². The molecule has 0 fully saturated rings. The van der Waals surface area contributed by atoms with Crippen LogP contribution in [-0.2, 0) is 7.05 Å². The first kappa shape index (κ1) is 23.6. The fraction of sp³-hybridized carbons (Fsp3) is 0.0833. The molecule has 1 aliphatic heterocycles. The van der Waals surface area contributed by atoms with Crippen molar-refractivity contribution in [3.8, 4) is 28.2 Å². The molecule has 0 unspecified atom stereocenters. The second kappa shape index (κ2) is 9.14. The van der Waals surface area contributed by atoms with Gasteiger partial charge >= 0.3 is 0 Å². The van der Waals surface area contributed by atoms with E-state index in [0.29, 0.717) is 0 Å². The van der Waals surface area contributed by atoms with Crippen molar-refractivity contribution >= 4 is 38.5 Å². The second-order valence-electron chi connectivity index (χ2n) is 10.8. The van der Waals surface area contributed by atoms with Crippen molar-refractivity contribution in [1.82, 2.24) is 19.0 Å². The summed E-state index contributed by atoms with van der Waals surface area (Å²) in [7, 11) is 4.21. The maximum Gasteiger partial charge on any atom is 0.140 e. The monoisotopic (exact) mass is 531 g/mol. The Morgan fingerprint density at radius 2 is 1.32 bits per heavy atom. The number of aromatic nitrogens is 3. The normalized spacial score (nSPS) is 13.3. The lowest BCUT2D eigenvalue weighted by molar-refractivity contribution is 0.496. The number of rotatable bonds is 4. The summed E-state index contributed by atoms with van der Waals surface area (Å²) in [6, 6.07) is 41.3. The van der Waals surface area contributed by atoms with Crippen LogP contribution in [0.3, 0.4) is 0 Å². The van der Waals surface area contributed by atoms with Crippen LogP contribution in [0, 0.1) is 0 Å². The Hall–Kier alpha value is -5.29. The standard InChI is InChI=1S/C36H29N5/c1-38-19-20-40(24-38)28-11-8-12-29(23-28)41-33-14-7-6-13-30(33)31-17-15-27(22-34(31)41)36-37-32-18-16-26(21-35(32)39(36)2)25-9-4-3-5-10-25/h3-23H,24H2,1-2H3. The van der Waals surface area contributed by atoms with Gasteiger partial charge in [-0.1, -0.05) is 72.8 Å². The van der Waals surface area contributed by atoms with Crippen molar-refractivity contribution in [2.24, 2.45) is 7.05 Å². The van der Waals surface area contributed by atoms with Crippen LogP contribution in [0.15, 0.2) is 128 Å². The summed E-state index contributed by atoms with van der Waals surface area (Å²) >= 11 is 0. The lowest BCUT2D eigenvalue weighted by Crippen LogP contribution is -2.21. The Morgan fingerprint density at radius 1 is 0.561 bits per heavy atom. The molecule has 5 heteroatoms. The van der Waals surface area contributed by atoms with E-state index in [9.17, 15) is 0 Å². The third-order valence-electron chi connectivity index (χ3n) is 8.22. The summed E-state index contributed by atoms with van der Waals surface area (Å²) in [5.41, 5.74) is 10.3. The van der Waals surface area contributed by atoms with Gasteiger partial charge in [0.2, 0.25) is 0 Å². The number of nitrogens with zero attached hydrogens (tertiary/aromatic N) is 5. The molecule has 0 N–H and O–H groups in total. The molecule has 0 saturated carbocycles. The third-order valence-corrected chi connectivity index (χ3v) is 8.22. The van der Waals surface area contributed by atoms with Crippen molar-refractivity contribution in [2.45, 2.75) is 0 Å². The van der Waals surface area contributed by atoms with Gasteiger partial charge in [0.15, 0.2) is 0 Å². The first-order chi connectivity index (χ1) is 20.1. The zero-order chi connectivity index (χ0) is 27.5. The summed E-state index contributed by atoms with van der Waals surface area (Å²) in [6.07, 6.45) is 4.25. The van der Waals surface area contributed by atoms with E-state index in [-0.39, 0.29) is 0 Å². The molecule has 0 amide bonds. The van der Waals surface area contributed by atoms with Crippen LogP contribution < -0.4 is 4.90 Å². The highest BCUT2D eigenvalue weighted by Gasteiger charge is 2.17. The first-order valence-electron chi connectivity index (χ1n) is 14.0. The fourth-order valence-corrected chi connectivity index (χ4v) is 6.15. The van der Waals surface area contributed by atoms with Gasteiger partial charge in [0.25, 0.3) is 0 Å². The molecule has 3 heterocycles. The average Bonchev–Trinajstić information content (AvgIpc) is 3.70. The van der Waals surface area contributed by atoms with Crippen LogP contribution in [0.5, 0.6) is 0 Å². The number of aryl methyl sites for hydroxylation is 1. The van der Waals surface area contributed by atoms with Crippen LogP contribution >= 0.6 is 0 Å². The Kier molecular flexibility index (Phi) is 5.25.